The van der Waals surface area contributed by atoms with Crippen LogP contribution in [-0.2, 0) is 11.3 Å². The lowest BCUT2D eigenvalue weighted by Crippen LogP contribution is -2.54. The highest BCUT2D eigenvalue weighted by atomic mass is 35.5. The molecule has 1 amide bonds. The summed E-state index contributed by atoms with van der Waals surface area (Å²) in [5.41, 5.74) is 2.15. The minimum Gasteiger partial charge on any atom is -0.358 e. The summed E-state index contributed by atoms with van der Waals surface area (Å²) >= 11 is 0. The average molecular weight is 397 g/mol. The lowest BCUT2D eigenvalue weighted by Gasteiger charge is -2.36. The number of halogens is 2. The van der Waals surface area contributed by atoms with E-state index in [0.717, 1.165) is 30.9 Å². The van der Waals surface area contributed by atoms with E-state index in [2.05, 4.69) is 22.1 Å². The van der Waals surface area contributed by atoms with Gasteiger partial charge in [0.2, 0.25) is 5.91 Å². The molecule has 142 valence electrons. The number of hydrogen-bond acceptors (Lipinski definition) is 4. The molecule has 3 rings (SSSR count). The topological polar surface area (TPSA) is 48.5 Å². The number of carbonyl (C=O) groups excluding carboxylic acids is 1. The smallest absolute Gasteiger partial charge is 0.242 e. The van der Waals surface area contributed by atoms with Gasteiger partial charge in [-0.1, -0.05) is 24.3 Å². The van der Waals surface area contributed by atoms with Crippen molar-refractivity contribution in [3.05, 3.63) is 60.4 Å². The summed E-state index contributed by atoms with van der Waals surface area (Å²) in [5.74, 6) is 0.178. The summed E-state index contributed by atoms with van der Waals surface area (Å²) in [6.07, 6.45) is 3.62. The zero-order valence-corrected chi connectivity index (χ0v) is 16.5. The molecule has 7 heteroatoms. The number of anilines is 1. The second-order valence-electron chi connectivity index (χ2n) is 6.19. The maximum Gasteiger partial charge on any atom is 0.242 e. The fourth-order valence-corrected chi connectivity index (χ4v) is 3.05. The van der Waals surface area contributed by atoms with Crippen molar-refractivity contribution in [3.63, 3.8) is 0 Å². The van der Waals surface area contributed by atoms with Crippen LogP contribution in [0.15, 0.2) is 54.9 Å². The number of carbonyl (C=O) groups is 1. The molecule has 0 spiro atoms. The number of benzene rings is 1. The lowest BCUT2D eigenvalue weighted by atomic mass is 10.2. The van der Waals surface area contributed by atoms with Crippen LogP contribution in [0.3, 0.4) is 0 Å². The normalized spacial score (nSPS) is 16.2. The van der Waals surface area contributed by atoms with E-state index in [0.29, 0.717) is 13.1 Å². The molecule has 1 fully saturated rings. The minimum absolute atomic E-state index is 0. The average Bonchev–Trinajstić information content (AvgIpc) is 2.63. The van der Waals surface area contributed by atoms with Gasteiger partial charge in [0.15, 0.2) is 0 Å². The highest BCUT2D eigenvalue weighted by molar-refractivity contribution is 5.85. The van der Waals surface area contributed by atoms with Gasteiger partial charge in [-0.05, 0) is 30.7 Å². The maximum atomic E-state index is 12.8. The summed E-state index contributed by atoms with van der Waals surface area (Å²) in [6.45, 7) is 5.64. The van der Waals surface area contributed by atoms with Crippen molar-refractivity contribution in [1.82, 2.24) is 15.2 Å². The van der Waals surface area contributed by atoms with Crippen molar-refractivity contribution >= 4 is 36.4 Å². The molecule has 1 aromatic carbocycles. The van der Waals surface area contributed by atoms with E-state index < -0.39 is 0 Å². The Hall–Kier alpha value is -1.82. The quantitative estimate of drug-likeness (QED) is 0.843. The second-order valence-corrected chi connectivity index (χ2v) is 6.19. The number of nitrogens with zero attached hydrogens (tertiary/aromatic N) is 3. The van der Waals surface area contributed by atoms with E-state index in [9.17, 15) is 4.79 Å². The van der Waals surface area contributed by atoms with E-state index in [4.69, 9.17) is 0 Å². The minimum atomic E-state index is 0. The molecule has 0 saturated carbocycles. The Bertz CT molecular complexity index is 657. The Morgan fingerprint density at radius 3 is 2.65 bits per heavy atom. The SMILES string of the molecule is C[C@@H]1CNCCN1C(=O)CN(Cc1cccnc1)c1ccccc1.Cl.Cl. The van der Waals surface area contributed by atoms with Gasteiger partial charge in [0, 0.05) is 50.3 Å². The van der Waals surface area contributed by atoms with Gasteiger partial charge in [-0.2, -0.15) is 0 Å². The number of nitrogens with one attached hydrogen (secondary N) is 1. The van der Waals surface area contributed by atoms with Crippen molar-refractivity contribution in [2.24, 2.45) is 0 Å². The Kier molecular flexibility index (Phi) is 9.41. The predicted molar refractivity (Wildman–Crippen MR) is 110 cm³/mol. The number of amides is 1. The van der Waals surface area contributed by atoms with Crippen molar-refractivity contribution in [3.8, 4) is 0 Å². The first-order valence-electron chi connectivity index (χ1n) is 8.43. The molecular weight excluding hydrogens is 371 g/mol. The zero-order chi connectivity index (χ0) is 16.8. The third-order valence-electron chi connectivity index (χ3n) is 4.37. The Morgan fingerprint density at radius 1 is 1.23 bits per heavy atom. The molecule has 1 saturated heterocycles. The van der Waals surface area contributed by atoms with Crippen LogP contribution in [0, 0.1) is 0 Å². The molecule has 0 aliphatic carbocycles. The fraction of sp³-hybridized carbons (Fsp3) is 0.368. The number of piperazine rings is 1. The van der Waals surface area contributed by atoms with E-state index >= 15 is 0 Å². The van der Waals surface area contributed by atoms with Gasteiger partial charge in [0.25, 0.3) is 0 Å². The Morgan fingerprint density at radius 2 is 2.00 bits per heavy atom. The van der Waals surface area contributed by atoms with Crippen molar-refractivity contribution in [2.75, 3.05) is 31.1 Å². The molecular formula is C19H26Cl2N4O. The van der Waals surface area contributed by atoms with Crippen LogP contribution >= 0.6 is 24.8 Å². The zero-order valence-electron chi connectivity index (χ0n) is 14.9. The van der Waals surface area contributed by atoms with Gasteiger partial charge in [0.05, 0.1) is 6.54 Å². The van der Waals surface area contributed by atoms with Crippen LogP contribution in [0.1, 0.15) is 12.5 Å². The van der Waals surface area contributed by atoms with Crippen LogP contribution in [-0.4, -0.2) is 48.0 Å². The van der Waals surface area contributed by atoms with Crippen molar-refractivity contribution in [2.45, 2.75) is 19.5 Å². The van der Waals surface area contributed by atoms with Crippen LogP contribution in [0.5, 0.6) is 0 Å². The molecule has 1 aromatic heterocycles. The number of rotatable bonds is 5. The number of hydrogen-bond donors (Lipinski definition) is 1. The standard InChI is InChI=1S/C19H24N4O.2ClH/c1-16-12-21-10-11-23(16)19(24)15-22(18-7-3-2-4-8-18)14-17-6-5-9-20-13-17;;/h2-9,13,16,21H,10-12,14-15H2,1H3;2*1H/t16-;;/m1../s1. The molecule has 1 atom stereocenters. The largest absolute Gasteiger partial charge is 0.358 e. The lowest BCUT2D eigenvalue weighted by molar-refractivity contribution is -0.132. The Balaban J connectivity index is 0.00000169. The van der Waals surface area contributed by atoms with E-state index in [1.807, 2.05) is 53.6 Å². The number of aromatic nitrogens is 1. The summed E-state index contributed by atoms with van der Waals surface area (Å²) in [5, 5.41) is 3.33. The predicted octanol–water partition coefficient (Wildman–Crippen LogP) is 2.75. The molecule has 1 aliphatic rings. The van der Waals surface area contributed by atoms with Crippen molar-refractivity contribution in [1.29, 1.82) is 0 Å². The van der Waals surface area contributed by atoms with Gasteiger partial charge >= 0.3 is 0 Å². The molecule has 2 aromatic rings. The molecule has 5 nitrogen and oxygen atoms in total. The van der Waals surface area contributed by atoms with Gasteiger partial charge < -0.3 is 15.1 Å². The molecule has 26 heavy (non-hydrogen) atoms. The molecule has 1 aliphatic heterocycles. The molecule has 0 unspecified atom stereocenters. The summed E-state index contributed by atoms with van der Waals surface area (Å²) in [6, 6.07) is 14.3. The monoisotopic (exact) mass is 396 g/mol. The van der Waals surface area contributed by atoms with Crippen LogP contribution in [0.25, 0.3) is 0 Å². The van der Waals surface area contributed by atoms with Gasteiger partial charge in [-0.15, -0.1) is 24.8 Å². The van der Waals surface area contributed by atoms with Gasteiger partial charge in [-0.3, -0.25) is 9.78 Å². The molecule has 1 N–H and O–H groups in total. The van der Waals surface area contributed by atoms with Crippen LogP contribution < -0.4 is 10.2 Å². The summed E-state index contributed by atoms with van der Waals surface area (Å²) in [7, 11) is 0. The molecule has 2 heterocycles. The third kappa shape index (κ3) is 5.87. The van der Waals surface area contributed by atoms with Crippen molar-refractivity contribution < 1.29 is 4.79 Å². The van der Waals surface area contributed by atoms with E-state index in [1.165, 1.54) is 0 Å². The summed E-state index contributed by atoms with van der Waals surface area (Å²) < 4.78 is 0. The van der Waals surface area contributed by atoms with Crippen LogP contribution in [0.2, 0.25) is 0 Å². The third-order valence-corrected chi connectivity index (χ3v) is 4.37. The first-order valence-corrected chi connectivity index (χ1v) is 8.43. The van der Waals surface area contributed by atoms with Crippen LogP contribution in [0.4, 0.5) is 5.69 Å². The second kappa shape index (κ2) is 11.0. The first-order chi connectivity index (χ1) is 11.7. The number of para-hydroxylation sites is 1. The van der Waals surface area contributed by atoms with Gasteiger partial charge in [-0.25, -0.2) is 0 Å². The highest BCUT2D eigenvalue weighted by Gasteiger charge is 2.24. The fourth-order valence-electron chi connectivity index (χ4n) is 3.05. The highest BCUT2D eigenvalue weighted by Crippen LogP contribution is 2.17. The number of pyridine rings is 1. The molecule has 0 radical (unpaired) electrons. The van der Waals surface area contributed by atoms with E-state index in [1.54, 1.807) is 6.20 Å². The maximum absolute atomic E-state index is 12.8. The first kappa shape index (κ1) is 22.2. The van der Waals surface area contributed by atoms with Gasteiger partial charge in [0.1, 0.15) is 0 Å². The molecule has 0 bridgehead atoms. The summed E-state index contributed by atoms with van der Waals surface area (Å²) in [4.78, 5) is 21.1. The Labute approximate surface area is 167 Å². The van der Waals surface area contributed by atoms with E-state index in [-0.39, 0.29) is 36.8 Å².